The van der Waals surface area contributed by atoms with E-state index in [4.69, 9.17) is 0 Å². The highest BCUT2D eigenvalue weighted by molar-refractivity contribution is 5.79. The van der Waals surface area contributed by atoms with Crippen molar-refractivity contribution in [2.75, 3.05) is 27.2 Å². The first kappa shape index (κ1) is 22.8. The van der Waals surface area contributed by atoms with E-state index in [1.54, 1.807) is 13.1 Å². The molecule has 0 saturated heterocycles. The standard InChI is InChI=1S/C19H28F3N3O2/c1-14(15-7-6-8-16(13-15)19(20,21)22)10-12-25-18(23-2)24-11-5-4-9-17(26)27-3/h6-8,13-14H,4-5,9-12H2,1-3H3,(H2,23,24,25). The van der Waals surface area contributed by atoms with E-state index in [2.05, 4.69) is 20.4 Å². The average molecular weight is 387 g/mol. The summed E-state index contributed by atoms with van der Waals surface area (Å²) in [6.07, 6.45) is -1.74. The maximum atomic E-state index is 12.8. The first-order valence-electron chi connectivity index (χ1n) is 8.96. The molecule has 27 heavy (non-hydrogen) atoms. The summed E-state index contributed by atoms with van der Waals surface area (Å²) < 4.78 is 43.0. The van der Waals surface area contributed by atoms with Crippen molar-refractivity contribution in [3.8, 4) is 0 Å². The molecule has 5 nitrogen and oxygen atoms in total. The quantitative estimate of drug-likeness (QED) is 0.294. The number of methoxy groups -OCH3 is 1. The Bertz CT molecular complexity index is 618. The van der Waals surface area contributed by atoms with Crippen molar-refractivity contribution in [3.63, 3.8) is 0 Å². The van der Waals surface area contributed by atoms with Gasteiger partial charge in [-0.3, -0.25) is 9.79 Å². The Kier molecular flexibility index (Phi) is 9.67. The predicted octanol–water partition coefficient (Wildman–Crippen LogP) is 3.71. The highest BCUT2D eigenvalue weighted by Gasteiger charge is 2.30. The molecule has 0 radical (unpaired) electrons. The van der Waals surface area contributed by atoms with Gasteiger partial charge in [-0.25, -0.2) is 0 Å². The summed E-state index contributed by atoms with van der Waals surface area (Å²) in [5.74, 6) is 0.392. The van der Waals surface area contributed by atoms with Gasteiger partial charge in [-0.1, -0.05) is 25.1 Å². The Morgan fingerprint density at radius 2 is 1.93 bits per heavy atom. The number of nitrogens with one attached hydrogen (secondary N) is 2. The van der Waals surface area contributed by atoms with Crippen molar-refractivity contribution in [2.45, 2.75) is 44.7 Å². The number of aliphatic imine (C=N–C) groups is 1. The number of carbonyl (C=O) groups is 1. The highest BCUT2D eigenvalue weighted by atomic mass is 19.4. The van der Waals surface area contributed by atoms with Crippen LogP contribution in [0.5, 0.6) is 0 Å². The van der Waals surface area contributed by atoms with Crippen LogP contribution in [-0.2, 0) is 15.7 Å². The summed E-state index contributed by atoms with van der Waals surface area (Å²) >= 11 is 0. The van der Waals surface area contributed by atoms with E-state index in [1.807, 2.05) is 6.92 Å². The number of hydrogen-bond donors (Lipinski definition) is 2. The third kappa shape index (κ3) is 8.79. The largest absolute Gasteiger partial charge is 0.469 e. The second-order valence-corrected chi connectivity index (χ2v) is 6.27. The van der Waals surface area contributed by atoms with E-state index in [0.717, 1.165) is 18.9 Å². The second-order valence-electron chi connectivity index (χ2n) is 6.27. The van der Waals surface area contributed by atoms with Crippen LogP contribution in [0.25, 0.3) is 0 Å². The summed E-state index contributed by atoms with van der Waals surface area (Å²) in [4.78, 5) is 15.1. The molecule has 0 fully saturated rings. The van der Waals surface area contributed by atoms with E-state index in [9.17, 15) is 18.0 Å². The Morgan fingerprint density at radius 3 is 2.56 bits per heavy atom. The van der Waals surface area contributed by atoms with E-state index < -0.39 is 11.7 Å². The third-order valence-corrected chi connectivity index (χ3v) is 4.20. The number of benzene rings is 1. The Hall–Kier alpha value is -2.25. The molecule has 152 valence electrons. The van der Waals surface area contributed by atoms with Gasteiger partial charge in [0.15, 0.2) is 5.96 Å². The fourth-order valence-electron chi connectivity index (χ4n) is 2.52. The number of carbonyl (C=O) groups excluding carboxylic acids is 1. The molecule has 0 bridgehead atoms. The minimum absolute atomic E-state index is 0.0158. The minimum Gasteiger partial charge on any atom is -0.469 e. The van der Waals surface area contributed by atoms with Gasteiger partial charge in [-0.05, 0) is 36.8 Å². The number of rotatable bonds is 9. The maximum absolute atomic E-state index is 12.8. The van der Waals surface area contributed by atoms with Crippen molar-refractivity contribution < 1.29 is 22.7 Å². The van der Waals surface area contributed by atoms with Gasteiger partial charge >= 0.3 is 12.1 Å². The molecule has 1 rings (SSSR count). The SMILES string of the molecule is CN=C(NCCCCC(=O)OC)NCCC(C)c1cccc(C(F)(F)F)c1. The van der Waals surface area contributed by atoms with Gasteiger partial charge in [0.2, 0.25) is 0 Å². The van der Waals surface area contributed by atoms with Crippen LogP contribution in [0.15, 0.2) is 29.3 Å². The lowest BCUT2D eigenvalue weighted by Crippen LogP contribution is -2.38. The molecule has 1 aromatic carbocycles. The number of nitrogens with zero attached hydrogens (tertiary/aromatic N) is 1. The number of esters is 1. The fraction of sp³-hybridized carbons (Fsp3) is 0.579. The van der Waals surface area contributed by atoms with Gasteiger partial charge < -0.3 is 15.4 Å². The Balaban J connectivity index is 2.35. The molecule has 1 atom stereocenters. The number of alkyl halides is 3. The first-order chi connectivity index (χ1) is 12.8. The monoisotopic (exact) mass is 387 g/mol. The fourth-order valence-corrected chi connectivity index (χ4v) is 2.52. The van der Waals surface area contributed by atoms with Gasteiger partial charge in [-0.2, -0.15) is 13.2 Å². The van der Waals surface area contributed by atoms with Gasteiger partial charge in [0.05, 0.1) is 12.7 Å². The zero-order chi connectivity index (χ0) is 20.3. The number of hydrogen-bond acceptors (Lipinski definition) is 3. The number of ether oxygens (including phenoxy) is 1. The van der Waals surface area contributed by atoms with Crippen molar-refractivity contribution in [1.29, 1.82) is 0 Å². The summed E-state index contributed by atoms with van der Waals surface area (Å²) in [6, 6.07) is 5.45. The lowest BCUT2D eigenvalue weighted by molar-refractivity contribution is -0.140. The van der Waals surface area contributed by atoms with Crippen molar-refractivity contribution in [2.24, 2.45) is 4.99 Å². The smallest absolute Gasteiger partial charge is 0.416 e. The van der Waals surface area contributed by atoms with Crippen LogP contribution in [0.3, 0.4) is 0 Å². The zero-order valence-corrected chi connectivity index (χ0v) is 16.0. The summed E-state index contributed by atoms with van der Waals surface area (Å²) in [7, 11) is 3.02. The van der Waals surface area contributed by atoms with Gasteiger partial charge in [0.1, 0.15) is 0 Å². The van der Waals surface area contributed by atoms with Crippen LogP contribution in [0.4, 0.5) is 13.2 Å². The van der Waals surface area contributed by atoms with E-state index >= 15 is 0 Å². The average Bonchev–Trinajstić information content (AvgIpc) is 2.65. The second kappa shape index (κ2) is 11.5. The number of guanidine groups is 1. The molecule has 0 heterocycles. The van der Waals surface area contributed by atoms with Gasteiger partial charge in [0, 0.05) is 26.6 Å². The van der Waals surface area contributed by atoms with E-state index in [1.165, 1.54) is 19.2 Å². The summed E-state index contributed by atoms with van der Waals surface area (Å²) in [5.41, 5.74) is 0.0432. The molecule has 0 aliphatic rings. The van der Waals surface area contributed by atoms with Crippen LogP contribution >= 0.6 is 0 Å². The normalized spacial score (nSPS) is 13.2. The maximum Gasteiger partial charge on any atom is 0.416 e. The third-order valence-electron chi connectivity index (χ3n) is 4.20. The molecule has 0 aromatic heterocycles. The van der Waals surface area contributed by atoms with Crippen molar-refractivity contribution >= 4 is 11.9 Å². The molecule has 0 spiro atoms. The highest BCUT2D eigenvalue weighted by Crippen LogP contribution is 2.31. The number of halogens is 3. The van der Waals surface area contributed by atoms with Crippen LogP contribution in [0.1, 0.15) is 49.7 Å². The Labute approximate surface area is 158 Å². The van der Waals surface area contributed by atoms with E-state index in [-0.39, 0.29) is 11.9 Å². The van der Waals surface area contributed by atoms with Crippen LogP contribution in [-0.4, -0.2) is 39.2 Å². The van der Waals surface area contributed by atoms with E-state index in [0.29, 0.717) is 37.5 Å². The minimum atomic E-state index is -4.33. The molecule has 0 aliphatic carbocycles. The zero-order valence-electron chi connectivity index (χ0n) is 16.0. The first-order valence-corrected chi connectivity index (χ1v) is 8.96. The molecule has 1 unspecified atom stereocenters. The van der Waals surface area contributed by atoms with Crippen molar-refractivity contribution in [1.82, 2.24) is 10.6 Å². The molecular formula is C19H28F3N3O2. The molecule has 1 aromatic rings. The topological polar surface area (TPSA) is 62.7 Å². The lowest BCUT2D eigenvalue weighted by atomic mass is 9.96. The molecular weight excluding hydrogens is 359 g/mol. The van der Waals surface area contributed by atoms with Gasteiger partial charge in [-0.15, -0.1) is 0 Å². The van der Waals surface area contributed by atoms with Crippen molar-refractivity contribution in [3.05, 3.63) is 35.4 Å². The van der Waals surface area contributed by atoms with Crippen LogP contribution in [0, 0.1) is 0 Å². The summed E-state index contributed by atoms with van der Waals surface area (Å²) in [6.45, 7) is 3.15. The summed E-state index contributed by atoms with van der Waals surface area (Å²) in [5, 5.41) is 6.29. The molecule has 0 amide bonds. The molecule has 2 N–H and O–H groups in total. The molecule has 0 saturated carbocycles. The predicted molar refractivity (Wildman–Crippen MR) is 99.7 cm³/mol. The molecule has 0 aliphatic heterocycles. The molecule has 8 heteroatoms. The Morgan fingerprint density at radius 1 is 1.22 bits per heavy atom. The lowest BCUT2D eigenvalue weighted by Gasteiger charge is -2.16. The van der Waals surface area contributed by atoms with Crippen LogP contribution < -0.4 is 10.6 Å². The van der Waals surface area contributed by atoms with Gasteiger partial charge in [0.25, 0.3) is 0 Å². The van der Waals surface area contributed by atoms with Crippen LogP contribution in [0.2, 0.25) is 0 Å². The number of unbranched alkanes of at least 4 members (excludes halogenated alkanes) is 1.